The molecule has 0 saturated carbocycles. The van der Waals surface area contributed by atoms with Gasteiger partial charge in [0.1, 0.15) is 0 Å². The smallest absolute Gasteiger partial charge is 0.243 e. The van der Waals surface area contributed by atoms with Gasteiger partial charge in [-0.15, -0.1) is 0 Å². The Kier molecular flexibility index (Phi) is 19.4. The van der Waals surface area contributed by atoms with Crippen molar-refractivity contribution in [2.75, 3.05) is 55.4 Å². The first-order valence-electron chi connectivity index (χ1n) is 7.99. The van der Waals surface area contributed by atoms with Crippen molar-refractivity contribution >= 4 is 16.3 Å². The first-order valence-corrected chi connectivity index (χ1v) is 9.33. The standard InChI is InChI=1S/2C6H16N.C4H7NO.H2O4S/c2*1-5-6-7(2,3)4;1-3(2)4(5)6;1-5(2,3)4/h2*5-6H2,1-4H3;1H2,2H3,(H2,5,6);(H2,1,2,3,4)/q2*+1;;/p-2. The van der Waals surface area contributed by atoms with Gasteiger partial charge in [0.15, 0.2) is 0 Å². The zero-order chi connectivity index (χ0) is 21.5. The monoisotopic (exact) mass is 385 g/mol. The number of rotatable bonds is 5. The maximum Gasteiger partial charge on any atom is 0.243 e. The van der Waals surface area contributed by atoms with Gasteiger partial charge in [-0.2, -0.15) is 0 Å². The quantitative estimate of drug-likeness (QED) is 0.326. The van der Waals surface area contributed by atoms with Crippen molar-refractivity contribution in [3.63, 3.8) is 0 Å². The van der Waals surface area contributed by atoms with Crippen molar-refractivity contribution in [1.29, 1.82) is 0 Å². The zero-order valence-corrected chi connectivity index (χ0v) is 18.3. The van der Waals surface area contributed by atoms with E-state index >= 15 is 0 Å². The normalized spacial score (nSPS) is 10.8. The van der Waals surface area contributed by atoms with Gasteiger partial charge in [-0.3, -0.25) is 13.2 Å². The number of quaternary nitrogens is 2. The van der Waals surface area contributed by atoms with Crippen LogP contribution in [0.3, 0.4) is 0 Å². The molecule has 0 aromatic carbocycles. The third-order valence-corrected chi connectivity index (χ3v) is 2.21. The molecule has 0 heterocycles. The van der Waals surface area contributed by atoms with Crippen LogP contribution in [0.5, 0.6) is 0 Å². The minimum absolute atomic E-state index is 0.398. The van der Waals surface area contributed by atoms with E-state index in [1.165, 1.54) is 25.9 Å². The molecule has 0 radical (unpaired) electrons. The molecule has 1 amide bonds. The SMILES string of the molecule is C=C(C)C(N)=O.CCC[N+](C)(C)C.CCC[N+](C)(C)C.O=S(=O)([O-])[O-]. The van der Waals surface area contributed by atoms with Gasteiger partial charge in [0.05, 0.1) is 55.4 Å². The average Bonchev–Trinajstić information content (AvgIpc) is 2.24. The summed E-state index contributed by atoms with van der Waals surface area (Å²) in [6.07, 6.45) is 2.56. The number of carbonyl (C=O) groups excluding carboxylic acids is 1. The van der Waals surface area contributed by atoms with Crippen LogP contribution < -0.4 is 5.73 Å². The van der Waals surface area contributed by atoms with Gasteiger partial charge in [0, 0.05) is 16.0 Å². The molecule has 0 saturated heterocycles. The molecule has 0 aliphatic heterocycles. The van der Waals surface area contributed by atoms with Crippen LogP contribution in [0.4, 0.5) is 0 Å². The van der Waals surface area contributed by atoms with Crippen LogP contribution in [0.25, 0.3) is 0 Å². The van der Waals surface area contributed by atoms with Crippen molar-refractivity contribution in [3.8, 4) is 0 Å². The van der Waals surface area contributed by atoms with Gasteiger partial charge in [-0.1, -0.05) is 20.4 Å². The third kappa shape index (κ3) is 83.8. The summed E-state index contributed by atoms with van der Waals surface area (Å²) in [5.74, 6) is -0.435. The lowest BCUT2D eigenvalue weighted by molar-refractivity contribution is -0.870. The second kappa shape index (κ2) is 15.3. The van der Waals surface area contributed by atoms with Gasteiger partial charge in [0.25, 0.3) is 0 Å². The Balaban J connectivity index is -0.000000119. The van der Waals surface area contributed by atoms with E-state index in [1.807, 2.05) is 0 Å². The van der Waals surface area contributed by atoms with E-state index in [2.05, 4.69) is 62.7 Å². The number of primary amides is 1. The van der Waals surface area contributed by atoms with Crippen molar-refractivity contribution in [2.24, 2.45) is 5.73 Å². The summed E-state index contributed by atoms with van der Waals surface area (Å²) in [6, 6.07) is 0. The largest absolute Gasteiger partial charge is 0.759 e. The number of hydrogen-bond donors (Lipinski definition) is 1. The Morgan fingerprint density at radius 3 is 1.08 bits per heavy atom. The molecule has 154 valence electrons. The minimum Gasteiger partial charge on any atom is -0.759 e. The van der Waals surface area contributed by atoms with E-state index in [1.54, 1.807) is 6.92 Å². The first-order chi connectivity index (χ1) is 10.8. The van der Waals surface area contributed by atoms with Gasteiger partial charge >= 0.3 is 0 Å². The molecule has 25 heavy (non-hydrogen) atoms. The van der Waals surface area contributed by atoms with Gasteiger partial charge < -0.3 is 23.8 Å². The van der Waals surface area contributed by atoms with Crippen LogP contribution in [0.1, 0.15) is 33.6 Å². The molecule has 2 N–H and O–H groups in total. The highest BCUT2D eigenvalue weighted by atomic mass is 32.3. The average molecular weight is 386 g/mol. The summed E-state index contributed by atoms with van der Waals surface area (Å²) < 4.78 is 36.3. The van der Waals surface area contributed by atoms with E-state index < -0.39 is 16.3 Å². The van der Waals surface area contributed by atoms with Crippen molar-refractivity contribution in [2.45, 2.75) is 33.6 Å². The molecule has 9 heteroatoms. The fourth-order valence-corrected chi connectivity index (χ4v) is 1.34. The second-order valence-corrected chi connectivity index (χ2v) is 8.40. The molecule has 0 atom stereocenters. The third-order valence-electron chi connectivity index (χ3n) is 2.21. The van der Waals surface area contributed by atoms with E-state index in [-0.39, 0.29) is 0 Å². The minimum atomic E-state index is -5.17. The summed E-state index contributed by atoms with van der Waals surface area (Å²) in [4.78, 5) is 9.82. The molecule has 0 rings (SSSR count). The Morgan fingerprint density at radius 1 is 0.920 bits per heavy atom. The maximum absolute atomic E-state index is 9.82. The lowest BCUT2D eigenvalue weighted by Crippen LogP contribution is -2.34. The lowest BCUT2D eigenvalue weighted by atomic mass is 10.3. The molecular weight excluding hydrogens is 346 g/mol. The zero-order valence-electron chi connectivity index (χ0n) is 17.5. The van der Waals surface area contributed by atoms with E-state index in [0.717, 1.165) is 8.97 Å². The predicted molar refractivity (Wildman–Crippen MR) is 101 cm³/mol. The molecule has 8 nitrogen and oxygen atoms in total. The Bertz CT molecular complexity index is 413. The van der Waals surface area contributed by atoms with Crippen molar-refractivity contribution < 1.29 is 31.3 Å². The highest BCUT2D eigenvalue weighted by Crippen LogP contribution is 1.90. The molecule has 0 aliphatic rings. The fourth-order valence-electron chi connectivity index (χ4n) is 1.34. The Hall–Kier alpha value is -1.00. The highest BCUT2D eigenvalue weighted by Gasteiger charge is 2.01. The van der Waals surface area contributed by atoms with Crippen LogP contribution in [-0.4, -0.2) is 87.8 Å². The topological polar surface area (TPSA) is 123 Å². The molecule has 0 spiro atoms. The van der Waals surface area contributed by atoms with Crippen LogP contribution in [-0.2, 0) is 15.2 Å². The van der Waals surface area contributed by atoms with E-state index in [9.17, 15) is 4.79 Å². The van der Waals surface area contributed by atoms with Crippen LogP contribution >= 0.6 is 0 Å². The maximum atomic E-state index is 9.82. The lowest BCUT2D eigenvalue weighted by Gasteiger charge is -2.22. The van der Waals surface area contributed by atoms with Crippen LogP contribution in [0, 0.1) is 0 Å². The second-order valence-electron chi connectivity index (χ2n) is 7.58. The molecule has 0 unspecified atom stereocenters. The van der Waals surface area contributed by atoms with E-state index in [0.29, 0.717) is 5.57 Å². The van der Waals surface area contributed by atoms with Gasteiger partial charge in [0.2, 0.25) is 5.91 Å². The summed E-state index contributed by atoms with van der Waals surface area (Å²) in [7, 11) is 8.10. The van der Waals surface area contributed by atoms with Gasteiger partial charge in [-0.05, 0) is 19.8 Å². The van der Waals surface area contributed by atoms with E-state index in [4.69, 9.17) is 23.3 Å². The molecule has 0 aromatic heterocycles. The Labute approximate surface area is 155 Å². The molecule has 0 bridgehead atoms. The fraction of sp³-hybridized carbons (Fsp3) is 0.812. The van der Waals surface area contributed by atoms with Crippen LogP contribution in [0.15, 0.2) is 12.2 Å². The summed E-state index contributed by atoms with van der Waals surface area (Å²) in [5, 5.41) is 0. The summed E-state index contributed by atoms with van der Waals surface area (Å²) in [6.45, 7) is 11.8. The molecule has 0 aliphatic carbocycles. The summed E-state index contributed by atoms with van der Waals surface area (Å²) >= 11 is 0. The predicted octanol–water partition coefficient (Wildman–Crippen LogP) is 0.915. The molecule has 0 fully saturated rings. The Morgan fingerprint density at radius 2 is 1.08 bits per heavy atom. The number of carbonyl (C=O) groups is 1. The summed E-state index contributed by atoms with van der Waals surface area (Å²) in [5.41, 5.74) is 5.09. The first kappa shape index (κ1) is 31.7. The van der Waals surface area contributed by atoms with Crippen LogP contribution in [0.2, 0.25) is 0 Å². The van der Waals surface area contributed by atoms with Gasteiger partial charge in [-0.25, -0.2) is 0 Å². The number of amides is 1. The molecule has 0 aromatic rings. The highest BCUT2D eigenvalue weighted by molar-refractivity contribution is 7.79. The molecular formula is C16H39N3O5S. The van der Waals surface area contributed by atoms with Crippen molar-refractivity contribution in [1.82, 2.24) is 0 Å². The van der Waals surface area contributed by atoms with Crippen molar-refractivity contribution in [3.05, 3.63) is 12.2 Å². The number of nitrogens with zero attached hydrogens (tertiary/aromatic N) is 2. The number of nitrogens with two attached hydrogens (primary N) is 1. The number of hydrogen-bond acceptors (Lipinski definition) is 5.